The Morgan fingerprint density at radius 3 is 2.81 bits per heavy atom. The molecule has 1 N–H and O–H groups in total. The van der Waals surface area contributed by atoms with Gasteiger partial charge in [-0.25, -0.2) is 0 Å². The van der Waals surface area contributed by atoms with E-state index in [1.165, 1.54) is 16.7 Å². The van der Waals surface area contributed by atoms with E-state index in [1.54, 1.807) is 37.5 Å². The Morgan fingerprint density at radius 1 is 1.24 bits per heavy atom. The topological polar surface area (TPSA) is 68.9 Å². The summed E-state index contributed by atoms with van der Waals surface area (Å²) in [7, 11) is 1.57. The smallest absolute Gasteiger partial charge is 0.277 e. The average Bonchev–Trinajstić information content (AvgIpc) is 2.82. The molecule has 7 heteroatoms. The van der Waals surface area contributed by atoms with Crippen molar-refractivity contribution < 1.29 is 9.28 Å². The summed E-state index contributed by atoms with van der Waals surface area (Å²) in [6, 6.07) is 9.55. The molecule has 0 radical (unpaired) electrons. The van der Waals surface area contributed by atoms with E-state index in [0.717, 1.165) is 0 Å². The number of anilines is 1. The fraction of sp³-hybridized carbons (Fsp3) is 0.0714. The van der Waals surface area contributed by atoms with Crippen molar-refractivity contribution in [3.05, 3.63) is 58.6 Å². The second kappa shape index (κ2) is 4.86. The van der Waals surface area contributed by atoms with E-state index in [2.05, 4.69) is 10.4 Å². The second-order valence-electron chi connectivity index (χ2n) is 4.52. The van der Waals surface area contributed by atoms with Crippen LogP contribution in [0.5, 0.6) is 0 Å². The first-order valence-electron chi connectivity index (χ1n) is 6.19. The molecule has 3 rings (SSSR count). The number of fused-ring (bicyclic) bond motifs is 1. The van der Waals surface area contributed by atoms with Gasteiger partial charge in [-0.1, -0.05) is 27.6 Å². The zero-order valence-electron chi connectivity index (χ0n) is 11.1. The minimum Gasteiger partial charge on any atom is -0.317 e. The molecule has 0 aliphatic rings. The fourth-order valence-corrected chi connectivity index (χ4v) is 2.07. The number of nitrogens with one attached hydrogen (secondary N) is 1. The summed E-state index contributed by atoms with van der Waals surface area (Å²) < 4.78 is 14.9. The van der Waals surface area contributed by atoms with E-state index in [1.807, 2.05) is 0 Å². The molecule has 1 aromatic carbocycles. The number of carbonyl (C=O) groups is 1. The lowest BCUT2D eigenvalue weighted by molar-refractivity contribution is 0.102. The fourth-order valence-electron chi connectivity index (χ4n) is 2.07. The van der Waals surface area contributed by atoms with Crippen LogP contribution in [0.25, 0.3) is 10.9 Å². The Bertz CT molecular complexity index is 897. The zero-order chi connectivity index (χ0) is 15.0. The van der Waals surface area contributed by atoms with Gasteiger partial charge in [0.25, 0.3) is 11.5 Å². The molecule has 0 unspecified atom stereocenters. The van der Waals surface area contributed by atoms with Crippen molar-refractivity contribution >= 4 is 22.5 Å². The first-order valence-corrected chi connectivity index (χ1v) is 6.19. The SMILES string of the molecule is Cn1cccc(NC(=O)c2nn(F)c3ccccc23)c1=O. The lowest BCUT2D eigenvalue weighted by Gasteiger charge is -2.04. The summed E-state index contributed by atoms with van der Waals surface area (Å²) in [5, 5.41) is 6.40. The highest BCUT2D eigenvalue weighted by Gasteiger charge is 2.18. The highest BCUT2D eigenvalue weighted by Crippen LogP contribution is 2.19. The van der Waals surface area contributed by atoms with Gasteiger partial charge in [-0.05, 0) is 18.2 Å². The van der Waals surface area contributed by atoms with Crippen molar-refractivity contribution in [2.75, 3.05) is 5.32 Å². The van der Waals surface area contributed by atoms with Gasteiger partial charge in [0, 0.05) is 18.6 Å². The van der Waals surface area contributed by atoms with Crippen molar-refractivity contribution in [3.8, 4) is 0 Å². The number of pyridine rings is 1. The summed E-state index contributed by atoms with van der Waals surface area (Å²) in [5.41, 5.74) is -0.111. The van der Waals surface area contributed by atoms with Gasteiger partial charge in [-0.15, -0.1) is 5.10 Å². The standard InChI is InChI=1S/C14H11FN4O2/c1-18-8-4-6-10(14(18)21)16-13(20)12-9-5-2-3-7-11(9)19(15)17-12/h2-8H,1H3,(H,16,20). The number of nitrogens with zero attached hydrogens (tertiary/aromatic N) is 3. The molecule has 0 fully saturated rings. The summed E-state index contributed by atoms with van der Waals surface area (Å²) in [5.74, 6) is -0.633. The normalized spacial score (nSPS) is 10.8. The molecule has 0 bridgehead atoms. The number of hydrogen-bond donors (Lipinski definition) is 1. The first kappa shape index (κ1) is 13.0. The van der Waals surface area contributed by atoms with Crippen LogP contribution in [0.2, 0.25) is 0 Å². The molecule has 3 aromatic rings. The number of benzene rings is 1. The molecule has 6 nitrogen and oxygen atoms in total. The highest BCUT2D eigenvalue weighted by atomic mass is 19.2. The van der Waals surface area contributed by atoms with Crippen LogP contribution in [0.4, 0.5) is 10.2 Å². The Hall–Kier alpha value is -2.96. The maximum absolute atomic E-state index is 13.6. The minimum atomic E-state index is -0.633. The van der Waals surface area contributed by atoms with Gasteiger partial charge in [0.2, 0.25) is 0 Å². The predicted octanol–water partition coefficient (Wildman–Crippen LogP) is 1.72. The molecule has 0 spiro atoms. The van der Waals surface area contributed by atoms with E-state index >= 15 is 0 Å². The van der Waals surface area contributed by atoms with Gasteiger partial charge in [0.05, 0.1) is 0 Å². The number of hydrogen-bond acceptors (Lipinski definition) is 3. The Labute approximate surface area is 118 Å². The van der Waals surface area contributed by atoms with E-state index in [9.17, 15) is 14.1 Å². The molecular formula is C14H11FN4O2. The van der Waals surface area contributed by atoms with E-state index in [0.29, 0.717) is 5.39 Å². The van der Waals surface area contributed by atoms with Crippen molar-refractivity contribution in [1.29, 1.82) is 0 Å². The lowest BCUT2D eigenvalue weighted by atomic mass is 10.2. The average molecular weight is 286 g/mol. The summed E-state index contributed by atoms with van der Waals surface area (Å²) in [6.45, 7) is 0. The summed E-state index contributed by atoms with van der Waals surface area (Å²) in [4.78, 5) is 24.2. The number of amides is 1. The largest absolute Gasteiger partial charge is 0.317 e. The number of carbonyl (C=O) groups excluding carboxylic acids is 1. The van der Waals surface area contributed by atoms with Gasteiger partial charge >= 0.3 is 0 Å². The van der Waals surface area contributed by atoms with Crippen LogP contribution in [0.15, 0.2) is 47.4 Å². The van der Waals surface area contributed by atoms with Crippen LogP contribution in [0, 0.1) is 0 Å². The molecule has 2 aromatic heterocycles. The lowest BCUT2D eigenvalue weighted by Crippen LogP contribution is -2.24. The Morgan fingerprint density at radius 2 is 2.00 bits per heavy atom. The molecule has 21 heavy (non-hydrogen) atoms. The third kappa shape index (κ3) is 2.18. The monoisotopic (exact) mass is 286 g/mol. The molecular weight excluding hydrogens is 275 g/mol. The first-order chi connectivity index (χ1) is 10.1. The van der Waals surface area contributed by atoms with Crippen LogP contribution in [-0.4, -0.2) is 20.5 Å². The van der Waals surface area contributed by atoms with E-state index < -0.39 is 5.91 Å². The number of rotatable bonds is 2. The van der Waals surface area contributed by atoms with Crippen molar-refractivity contribution in [2.24, 2.45) is 7.05 Å². The number of para-hydroxylation sites is 1. The molecule has 106 valence electrons. The van der Waals surface area contributed by atoms with Crippen LogP contribution in [-0.2, 0) is 7.05 Å². The molecule has 0 saturated carbocycles. The molecule has 1 amide bonds. The number of aryl methyl sites for hydroxylation is 1. The minimum absolute atomic E-state index is 0.0704. The van der Waals surface area contributed by atoms with Gasteiger partial charge in [-0.2, -0.15) is 0 Å². The Balaban J connectivity index is 2.02. The molecule has 0 atom stereocenters. The van der Waals surface area contributed by atoms with Crippen molar-refractivity contribution in [1.82, 2.24) is 14.6 Å². The summed E-state index contributed by atoms with van der Waals surface area (Å²) in [6.07, 6.45) is 1.57. The molecule has 2 heterocycles. The second-order valence-corrected chi connectivity index (χ2v) is 4.52. The third-order valence-corrected chi connectivity index (χ3v) is 3.13. The van der Waals surface area contributed by atoms with Crippen LogP contribution in [0.3, 0.4) is 0 Å². The maximum Gasteiger partial charge on any atom is 0.277 e. The van der Waals surface area contributed by atoms with Crippen LogP contribution >= 0.6 is 0 Å². The number of halogens is 1. The van der Waals surface area contributed by atoms with Crippen molar-refractivity contribution in [3.63, 3.8) is 0 Å². The van der Waals surface area contributed by atoms with E-state index in [-0.39, 0.29) is 27.4 Å². The maximum atomic E-state index is 13.6. The van der Waals surface area contributed by atoms with Crippen LogP contribution < -0.4 is 10.9 Å². The van der Waals surface area contributed by atoms with Gasteiger partial charge in [-0.3, -0.25) is 9.59 Å². The highest BCUT2D eigenvalue weighted by molar-refractivity contribution is 6.11. The summed E-state index contributed by atoms with van der Waals surface area (Å²) >= 11 is 0. The van der Waals surface area contributed by atoms with Gasteiger partial charge < -0.3 is 9.88 Å². The predicted molar refractivity (Wildman–Crippen MR) is 75.9 cm³/mol. The zero-order valence-corrected chi connectivity index (χ0v) is 11.1. The molecule has 0 aliphatic carbocycles. The number of aromatic nitrogens is 3. The quantitative estimate of drug-likeness (QED) is 0.780. The molecule has 0 aliphatic heterocycles. The Kier molecular flexibility index (Phi) is 3.02. The van der Waals surface area contributed by atoms with Crippen LogP contribution in [0.1, 0.15) is 10.5 Å². The van der Waals surface area contributed by atoms with Gasteiger partial charge in [0.15, 0.2) is 5.69 Å². The van der Waals surface area contributed by atoms with Gasteiger partial charge in [0.1, 0.15) is 11.2 Å². The van der Waals surface area contributed by atoms with Crippen molar-refractivity contribution in [2.45, 2.75) is 0 Å². The third-order valence-electron chi connectivity index (χ3n) is 3.13. The van der Waals surface area contributed by atoms with E-state index in [4.69, 9.17) is 0 Å². The molecule has 0 saturated heterocycles.